The van der Waals surface area contributed by atoms with Gasteiger partial charge in [0, 0.05) is 17.4 Å². The van der Waals surface area contributed by atoms with Gasteiger partial charge < -0.3 is 16.4 Å². The van der Waals surface area contributed by atoms with Gasteiger partial charge in [-0.3, -0.25) is 0 Å². The van der Waals surface area contributed by atoms with E-state index in [-0.39, 0.29) is 5.69 Å². The SMILES string of the molecule is Cc1ccc(NC(=O)Nc2cc(-c3sc(C)nc3-c3ccnc(N)c3)ccc2F)cc1. The molecule has 0 aliphatic heterocycles. The van der Waals surface area contributed by atoms with Crippen molar-refractivity contribution in [3.63, 3.8) is 0 Å². The highest BCUT2D eigenvalue weighted by molar-refractivity contribution is 7.15. The second-order valence-electron chi connectivity index (χ2n) is 7.02. The molecule has 0 radical (unpaired) electrons. The van der Waals surface area contributed by atoms with E-state index in [0.29, 0.717) is 11.5 Å². The molecule has 0 aliphatic carbocycles. The first-order valence-electron chi connectivity index (χ1n) is 9.53. The lowest BCUT2D eigenvalue weighted by atomic mass is 10.1. The van der Waals surface area contributed by atoms with Gasteiger partial charge in [-0.05, 0) is 55.8 Å². The fourth-order valence-electron chi connectivity index (χ4n) is 3.10. The number of carbonyl (C=O) groups excluding carboxylic acids is 1. The van der Waals surface area contributed by atoms with Gasteiger partial charge in [0.15, 0.2) is 0 Å². The highest BCUT2D eigenvalue weighted by Gasteiger charge is 2.16. The summed E-state index contributed by atoms with van der Waals surface area (Å²) in [6.07, 6.45) is 1.62. The van der Waals surface area contributed by atoms with Crippen LogP contribution in [-0.2, 0) is 0 Å². The van der Waals surface area contributed by atoms with Crippen LogP contribution in [-0.4, -0.2) is 16.0 Å². The first-order chi connectivity index (χ1) is 14.9. The Balaban J connectivity index is 1.63. The minimum Gasteiger partial charge on any atom is -0.384 e. The third-order valence-corrected chi connectivity index (χ3v) is 5.59. The molecule has 6 nitrogen and oxygen atoms in total. The molecular formula is C23H20FN5OS. The molecule has 0 bridgehead atoms. The predicted molar refractivity (Wildman–Crippen MR) is 124 cm³/mol. The summed E-state index contributed by atoms with van der Waals surface area (Å²) in [6.45, 7) is 3.86. The van der Waals surface area contributed by atoms with Crippen molar-refractivity contribution >= 4 is 34.6 Å². The Morgan fingerprint density at radius 1 is 1.00 bits per heavy atom. The number of thiazole rings is 1. The molecule has 156 valence electrons. The quantitative estimate of drug-likeness (QED) is 0.376. The molecule has 4 rings (SSSR count). The molecule has 0 fully saturated rings. The molecule has 0 spiro atoms. The average Bonchev–Trinajstić information content (AvgIpc) is 3.13. The van der Waals surface area contributed by atoms with Crippen molar-refractivity contribution in [1.82, 2.24) is 9.97 Å². The molecule has 2 amide bonds. The Morgan fingerprint density at radius 2 is 1.77 bits per heavy atom. The summed E-state index contributed by atoms with van der Waals surface area (Å²) in [6, 6.07) is 15.0. The predicted octanol–water partition coefficient (Wildman–Crippen LogP) is 5.85. The zero-order valence-corrected chi connectivity index (χ0v) is 17.8. The Morgan fingerprint density at radius 3 is 2.52 bits per heavy atom. The lowest BCUT2D eigenvalue weighted by Gasteiger charge is -2.11. The number of pyridine rings is 1. The van der Waals surface area contributed by atoms with Crippen molar-refractivity contribution in [2.45, 2.75) is 13.8 Å². The molecule has 2 aromatic carbocycles. The van der Waals surface area contributed by atoms with E-state index in [2.05, 4.69) is 20.6 Å². The maximum Gasteiger partial charge on any atom is 0.323 e. The average molecular weight is 434 g/mol. The number of hydrogen-bond donors (Lipinski definition) is 3. The van der Waals surface area contributed by atoms with Crippen molar-refractivity contribution in [2.75, 3.05) is 16.4 Å². The van der Waals surface area contributed by atoms with Gasteiger partial charge in [0.05, 0.1) is 21.3 Å². The summed E-state index contributed by atoms with van der Waals surface area (Å²) < 4.78 is 14.4. The monoisotopic (exact) mass is 433 g/mol. The topological polar surface area (TPSA) is 92.9 Å². The summed E-state index contributed by atoms with van der Waals surface area (Å²) in [5.41, 5.74) is 9.90. The molecule has 0 unspecified atom stereocenters. The third-order valence-electron chi connectivity index (χ3n) is 4.57. The van der Waals surface area contributed by atoms with Gasteiger partial charge >= 0.3 is 6.03 Å². The van der Waals surface area contributed by atoms with E-state index < -0.39 is 11.8 Å². The molecule has 0 atom stereocenters. The Labute approximate surface area is 183 Å². The van der Waals surface area contributed by atoms with E-state index in [1.165, 1.54) is 17.4 Å². The molecule has 2 heterocycles. The molecule has 4 aromatic rings. The van der Waals surface area contributed by atoms with Gasteiger partial charge in [-0.15, -0.1) is 11.3 Å². The van der Waals surface area contributed by atoms with Crippen LogP contribution < -0.4 is 16.4 Å². The molecule has 0 saturated heterocycles. The lowest BCUT2D eigenvalue weighted by Crippen LogP contribution is -2.20. The smallest absolute Gasteiger partial charge is 0.323 e. The molecule has 0 aliphatic rings. The second kappa shape index (κ2) is 8.53. The normalized spacial score (nSPS) is 10.7. The Hall–Kier alpha value is -3.78. The van der Waals surface area contributed by atoms with E-state index in [9.17, 15) is 9.18 Å². The summed E-state index contributed by atoms with van der Waals surface area (Å²) in [7, 11) is 0. The number of rotatable bonds is 4. The number of nitrogens with zero attached hydrogens (tertiary/aromatic N) is 2. The van der Waals surface area contributed by atoms with Crippen LogP contribution in [0.15, 0.2) is 60.8 Å². The van der Waals surface area contributed by atoms with E-state index in [4.69, 9.17) is 5.73 Å². The molecule has 0 saturated carbocycles. The minimum atomic E-state index is -0.529. The standard InChI is InChI=1S/C23H20FN5OS/c1-13-3-6-17(7-4-13)28-23(30)29-19-11-16(5-8-18(19)24)22-21(27-14(2)31-22)15-9-10-26-20(25)12-15/h3-12H,1-2H3,(H2,25,26)(H2,28,29,30). The zero-order chi connectivity index (χ0) is 22.0. The van der Waals surface area contributed by atoms with Crippen LogP contribution in [0.2, 0.25) is 0 Å². The van der Waals surface area contributed by atoms with Crippen molar-refractivity contribution in [3.05, 3.63) is 77.2 Å². The second-order valence-corrected chi connectivity index (χ2v) is 8.22. The number of nitrogens with one attached hydrogen (secondary N) is 2. The molecular weight excluding hydrogens is 413 g/mol. The van der Waals surface area contributed by atoms with Crippen LogP contribution in [0, 0.1) is 19.7 Å². The number of benzene rings is 2. The van der Waals surface area contributed by atoms with E-state index in [1.807, 2.05) is 32.0 Å². The van der Waals surface area contributed by atoms with Gasteiger partial charge in [0.1, 0.15) is 11.6 Å². The summed E-state index contributed by atoms with van der Waals surface area (Å²) in [4.78, 5) is 21.9. The summed E-state index contributed by atoms with van der Waals surface area (Å²) >= 11 is 1.48. The van der Waals surface area contributed by atoms with Crippen LogP contribution in [0.1, 0.15) is 10.6 Å². The van der Waals surface area contributed by atoms with Crippen molar-refractivity contribution < 1.29 is 9.18 Å². The van der Waals surface area contributed by atoms with Crippen molar-refractivity contribution in [2.24, 2.45) is 0 Å². The van der Waals surface area contributed by atoms with Crippen LogP contribution in [0.3, 0.4) is 0 Å². The van der Waals surface area contributed by atoms with Gasteiger partial charge in [0.25, 0.3) is 0 Å². The minimum absolute atomic E-state index is 0.0772. The van der Waals surface area contributed by atoms with E-state index in [1.54, 1.807) is 36.5 Å². The fourth-order valence-corrected chi connectivity index (χ4v) is 4.04. The number of aryl methyl sites for hydroxylation is 2. The first-order valence-corrected chi connectivity index (χ1v) is 10.3. The maximum atomic E-state index is 14.4. The summed E-state index contributed by atoms with van der Waals surface area (Å²) in [5, 5.41) is 6.15. The molecule has 8 heteroatoms. The highest BCUT2D eigenvalue weighted by atomic mass is 32.1. The number of anilines is 3. The molecule has 31 heavy (non-hydrogen) atoms. The van der Waals surface area contributed by atoms with Gasteiger partial charge in [-0.25, -0.2) is 19.2 Å². The van der Waals surface area contributed by atoms with Gasteiger partial charge in [-0.2, -0.15) is 0 Å². The number of amides is 2. The third kappa shape index (κ3) is 4.70. The first kappa shape index (κ1) is 20.5. The summed E-state index contributed by atoms with van der Waals surface area (Å²) in [5.74, 6) is -0.137. The zero-order valence-electron chi connectivity index (χ0n) is 16.9. The maximum absolute atomic E-state index is 14.4. The van der Waals surface area contributed by atoms with Crippen LogP contribution in [0.5, 0.6) is 0 Å². The van der Waals surface area contributed by atoms with Crippen molar-refractivity contribution in [1.29, 1.82) is 0 Å². The van der Waals surface area contributed by atoms with Gasteiger partial charge in [-0.1, -0.05) is 23.8 Å². The number of urea groups is 1. The fraction of sp³-hybridized carbons (Fsp3) is 0.0870. The lowest BCUT2D eigenvalue weighted by molar-refractivity contribution is 0.262. The number of hydrogen-bond acceptors (Lipinski definition) is 5. The largest absolute Gasteiger partial charge is 0.384 e. The van der Waals surface area contributed by atoms with Crippen LogP contribution in [0.25, 0.3) is 21.7 Å². The van der Waals surface area contributed by atoms with E-state index >= 15 is 0 Å². The Bertz CT molecular complexity index is 1250. The van der Waals surface area contributed by atoms with Crippen LogP contribution in [0.4, 0.5) is 26.4 Å². The van der Waals surface area contributed by atoms with Gasteiger partial charge in [0.2, 0.25) is 0 Å². The number of aromatic nitrogens is 2. The van der Waals surface area contributed by atoms with Crippen LogP contribution >= 0.6 is 11.3 Å². The molecule has 2 aromatic heterocycles. The number of carbonyl (C=O) groups is 1. The number of halogens is 1. The number of nitrogens with two attached hydrogens (primary N) is 1. The number of nitrogen functional groups attached to an aromatic ring is 1. The van der Waals surface area contributed by atoms with E-state index in [0.717, 1.165) is 32.3 Å². The Kier molecular flexibility index (Phi) is 5.64. The molecule has 4 N–H and O–H groups in total. The highest BCUT2D eigenvalue weighted by Crippen LogP contribution is 2.38. The van der Waals surface area contributed by atoms with Crippen molar-refractivity contribution in [3.8, 4) is 21.7 Å².